The van der Waals surface area contributed by atoms with Crippen molar-refractivity contribution in [3.8, 4) is 0 Å². The number of aliphatic hydroxyl groups excluding tert-OH is 1. The van der Waals surface area contributed by atoms with E-state index in [9.17, 15) is 5.11 Å². The first-order chi connectivity index (χ1) is 6.68. The van der Waals surface area contributed by atoms with E-state index >= 15 is 0 Å². The summed E-state index contributed by atoms with van der Waals surface area (Å²) in [6, 6.07) is 3.56. The lowest BCUT2D eigenvalue weighted by Gasteiger charge is -2.08. The molecule has 2 heterocycles. The Hall–Kier alpha value is -0.840. The second-order valence-corrected chi connectivity index (χ2v) is 4.51. The summed E-state index contributed by atoms with van der Waals surface area (Å²) in [5.74, 6) is 0. The molecular weight excluding hydrogens is 220 g/mol. The fraction of sp³-hybridized carbons (Fsp3) is 0.222. The molecule has 1 N–H and O–H groups in total. The quantitative estimate of drug-likeness (QED) is 0.856. The Morgan fingerprint density at radius 3 is 2.93 bits per heavy atom. The van der Waals surface area contributed by atoms with Crippen molar-refractivity contribution in [1.29, 1.82) is 0 Å². The minimum Gasteiger partial charge on any atom is -0.382 e. The summed E-state index contributed by atoms with van der Waals surface area (Å²) in [6.45, 7) is 0. The van der Waals surface area contributed by atoms with Gasteiger partial charge in [0.05, 0.1) is 10.0 Å². The lowest BCUT2D eigenvalue weighted by molar-refractivity contribution is 0.210. The smallest absolute Gasteiger partial charge is 0.121 e. The monoisotopic (exact) mass is 228 g/mol. The number of rotatable bonds is 2. The normalized spacial score (nSPS) is 13.1. The Labute approximate surface area is 90.6 Å². The lowest BCUT2D eigenvalue weighted by Crippen LogP contribution is -2.05. The Kier molecular flexibility index (Phi) is 2.58. The Morgan fingerprint density at radius 1 is 1.64 bits per heavy atom. The van der Waals surface area contributed by atoms with E-state index in [1.807, 2.05) is 5.38 Å². The van der Waals surface area contributed by atoms with Crippen LogP contribution in [0.15, 0.2) is 23.7 Å². The van der Waals surface area contributed by atoms with E-state index in [-0.39, 0.29) is 0 Å². The number of thiophene rings is 1. The van der Waals surface area contributed by atoms with Crippen LogP contribution in [0, 0.1) is 0 Å². The van der Waals surface area contributed by atoms with Gasteiger partial charge in [0.1, 0.15) is 6.10 Å². The van der Waals surface area contributed by atoms with Crippen molar-refractivity contribution in [3.05, 3.63) is 39.3 Å². The van der Waals surface area contributed by atoms with Gasteiger partial charge in [0, 0.05) is 13.2 Å². The summed E-state index contributed by atoms with van der Waals surface area (Å²) < 4.78 is 2.33. The molecule has 1 atom stereocenters. The second kappa shape index (κ2) is 3.73. The molecule has 0 aliphatic carbocycles. The average Bonchev–Trinajstić information content (AvgIpc) is 2.73. The van der Waals surface area contributed by atoms with Crippen molar-refractivity contribution in [3.63, 3.8) is 0 Å². The number of hydrogen-bond donors (Lipinski definition) is 1. The first kappa shape index (κ1) is 9.71. The molecule has 0 radical (unpaired) electrons. The number of aliphatic hydroxyl groups is 1. The molecule has 5 heteroatoms. The third-order valence-electron chi connectivity index (χ3n) is 2.04. The highest BCUT2D eigenvalue weighted by molar-refractivity contribution is 7.14. The van der Waals surface area contributed by atoms with Crippen molar-refractivity contribution in [2.45, 2.75) is 6.10 Å². The highest BCUT2D eigenvalue weighted by Gasteiger charge is 2.14. The first-order valence-electron chi connectivity index (χ1n) is 4.08. The summed E-state index contributed by atoms with van der Waals surface area (Å²) in [6.07, 6.45) is 1.01. The van der Waals surface area contributed by atoms with Crippen molar-refractivity contribution >= 4 is 22.9 Å². The summed E-state index contributed by atoms with van der Waals surface area (Å²) in [5.41, 5.74) is 1.57. The van der Waals surface area contributed by atoms with Gasteiger partial charge in [-0.15, -0.1) is 11.3 Å². The summed E-state index contributed by atoms with van der Waals surface area (Å²) in [7, 11) is 1.80. The average molecular weight is 229 g/mol. The molecule has 0 aromatic carbocycles. The van der Waals surface area contributed by atoms with Crippen LogP contribution in [-0.4, -0.2) is 14.9 Å². The zero-order chi connectivity index (χ0) is 10.1. The molecule has 0 amide bonds. The van der Waals surface area contributed by atoms with Gasteiger partial charge < -0.3 is 5.11 Å². The van der Waals surface area contributed by atoms with E-state index in [0.717, 1.165) is 11.3 Å². The van der Waals surface area contributed by atoms with Crippen LogP contribution in [0.3, 0.4) is 0 Å². The molecule has 2 rings (SSSR count). The van der Waals surface area contributed by atoms with Gasteiger partial charge >= 0.3 is 0 Å². The maximum absolute atomic E-state index is 9.96. The minimum atomic E-state index is -0.647. The van der Waals surface area contributed by atoms with Crippen molar-refractivity contribution < 1.29 is 5.11 Å². The number of nitrogens with zero attached hydrogens (tertiary/aromatic N) is 2. The summed E-state index contributed by atoms with van der Waals surface area (Å²) in [5, 5.41) is 15.8. The van der Waals surface area contributed by atoms with Gasteiger partial charge in [-0.2, -0.15) is 5.10 Å². The van der Waals surface area contributed by atoms with Gasteiger partial charge in [-0.1, -0.05) is 11.6 Å². The van der Waals surface area contributed by atoms with Crippen LogP contribution >= 0.6 is 22.9 Å². The van der Waals surface area contributed by atoms with Gasteiger partial charge in [-0.05, 0) is 23.1 Å². The second-order valence-electron chi connectivity index (χ2n) is 2.97. The van der Waals surface area contributed by atoms with Gasteiger partial charge in [0.2, 0.25) is 0 Å². The van der Waals surface area contributed by atoms with Crippen molar-refractivity contribution in [1.82, 2.24) is 9.78 Å². The van der Waals surface area contributed by atoms with Crippen LogP contribution in [0.5, 0.6) is 0 Å². The molecule has 0 aliphatic heterocycles. The van der Waals surface area contributed by atoms with Gasteiger partial charge in [0.25, 0.3) is 0 Å². The van der Waals surface area contributed by atoms with Gasteiger partial charge in [-0.3, -0.25) is 4.68 Å². The molecule has 0 spiro atoms. The van der Waals surface area contributed by atoms with E-state index in [0.29, 0.717) is 4.34 Å². The van der Waals surface area contributed by atoms with Crippen LogP contribution < -0.4 is 0 Å². The fourth-order valence-corrected chi connectivity index (χ4v) is 2.20. The molecule has 14 heavy (non-hydrogen) atoms. The standard InChI is InChI=1S/C9H9ClN2OS/c1-12-7(2-3-11-12)9(13)6-4-8(10)14-5-6/h2-5,9,13H,1H3. The number of hydrogen-bond acceptors (Lipinski definition) is 3. The predicted octanol–water partition coefficient (Wildman–Crippen LogP) is 2.22. The van der Waals surface area contributed by atoms with E-state index in [1.54, 1.807) is 30.1 Å². The highest BCUT2D eigenvalue weighted by atomic mass is 35.5. The Morgan fingerprint density at radius 2 is 2.43 bits per heavy atom. The summed E-state index contributed by atoms with van der Waals surface area (Å²) in [4.78, 5) is 0. The van der Waals surface area contributed by atoms with E-state index in [4.69, 9.17) is 11.6 Å². The van der Waals surface area contributed by atoms with Gasteiger partial charge in [0.15, 0.2) is 0 Å². The summed E-state index contributed by atoms with van der Waals surface area (Å²) >= 11 is 7.20. The molecule has 0 saturated carbocycles. The molecule has 0 fully saturated rings. The zero-order valence-electron chi connectivity index (χ0n) is 7.51. The van der Waals surface area contributed by atoms with E-state index in [2.05, 4.69) is 5.10 Å². The van der Waals surface area contributed by atoms with Gasteiger partial charge in [-0.25, -0.2) is 0 Å². The van der Waals surface area contributed by atoms with Crippen LogP contribution in [-0.2, 0) is 7.05 Å². The molecule has 0 saturated heterocycles. The lowest BCUT2D eigenvalue weighted by atomic mass is 10.1. The third kappa shape index (κ3) is 1.68. The predicted molar refractivity (Wildman–Crippen MR) is 56.6 cm³/mol. The topological polar surface area (TPSA) is 38.0 Å². The maximum atomic E-state index is 9.96. The molecule has 0 aliphatic rings. The number of aryl methyl sites for hydroxylation is 1. The van der Waals surface area contributed by atoms with E-state index in [1.165, 1.54) is 11.3 Å². The minimum absolute atomic E-state index is 0.647. The molecular formula is C9H9ClN2OS. The first-order valence-corrected chi connectivity index (χ1v) is 5.34. The van der Waals surface area contributed by atoms with Crippen molar-refractivity contribution in [2.24, 2.45) is 7.05 Å². The van der Waals surface area contributed by atoms with Crippen LogP contribution in [0.1, 0.15) is 17.4 Å². The van der Waals surface area contributed by atoms with Crippen molar-refractivity contribution in [2.75, 3.05) is 0 Å². The third-order valence-corrected chi connectivity index (χ3v) is 3.15. The highest BCUT2D eigenvalue weighted by Crippen LogP contribution is 2.28. The van der Waals surface area contributed by atoms with Crippen LogP contribution in [0.25, 0.3) is 0 Å². The zero-order valence-corrected chi connectivity index (χ0v) is 9.09. The molecule has 74 valence electrons. The maximum Gasteiger partial charge on any atom is 0.121 e. The van der Waals surface area contributed by atoms with E-state index < -0.39 is 6.10 Å². The molecule has 2 aromatic rings. The SMILES string of the molecule is Cn1nccc1C(O)c1csc(Cl)c1. The molecule has 2 aromatic heterocycles. The largest absolute Gasteiger partial charge is 0.382 e. The molecule has 3 nitrogen and oxygen atoms in total. The number of halogens is 1. The van der Waals surface area contributed by atoms with Crippen LogP contribution in [0.4, 0.5) is 0 Å². The fourth-order valence-electron chi connectivity index (χ4n) is 1.29. The number of aromatic nitrogens is 2. The Bertz CT molecular complexity index is 437. The Balaban J connectivity index is 2.33. The molecule has 1 unspecified atom stereocenters. The van der Waals surface area contributed by atoms with Crippen LogP contribution in [0.2, 0.25) is 4.34 Å². The molecule has 0 bridgehead atoms.